The summed E-state index contributed by atoms with van der Waals surface area (Å²) in [5.74, 6) is 0. The van der Waals surface area contributed by atoms with E-state index in [1.807, 2.05) is 42.6 Å². The second kappa shape index (κ2) is 7.84. The van der Waals surface area contributed by atoms with Gasteiger partial charge in [-0.25, -0.2) is 0 Å². The highest BCUT2D eigenvalue weighted by Crippen LogP contribution is 2.40. The molecule has 1 heteroatoms. The predicted octanol–water partition coefficient (Wildman–Crippen LogP) is 6.10. The molecule has 0 radical (unpaired) electrons. The van der Waals surface area contributed by atoms with Crippen molar-refractivity contribution in [3.63, 3.8) is 0 Å². The van der Waals surface area contributed by atoms with Crippen molar-refractivity contribution in [1.29, 1.82) is 0 Å². The molecule has 0 unspecified atom stereocenters. The zero-order valence-electron chi connectivity index (χ0n) is 15.1. The lowest BCUT2D eigenvalue weighted by Crippen LogP contribution is -2.27. The van der Waals surface area contributed by atoms with Gasteiger partial charge in [0, 0.05) is 6.21 Å². The van der Waals surface area contributed by atoms with Crippen LogP contribution in [0.4, 0.5) is 0 Å². The van der Waals surface area contributed by atoms with Crippen LogP contribution in [0.1, 0.15) is 22.3 Å². The fourth-order valence-corrected chi connectivity index (χ4v) is 3.47. The summed E-state index contributed by atoms with van der Waals surface area (Å²) in [5.41, 5.74) is 3.93. The van der Waals surface area contributed by atoms with E-state index < -0.39 is 5.54 Å². The second-order valence-corrected chi connectivity index (χ2v) is 6.48. The summed E-state index contributed by atoms with van der Waals surface area (Å²) < 4.78 is 0. The normalized spacial score (nSPS) is 11.6. The lowest BCUT2D eigenvalue weighted by molar-refractivity contribution is 0.660. The summed E-state index contributed by atoms with van der Waals surface area (Å²) in [7, 11) is 0. The van der Waals surface area contributed by atoms with Crippen LogP contribution in [0, 0.1) is 0 Å². The molecule has 0 saturated carbocycles. The standard InChI is InChI=1S/C26H21N/c1-5-13-22(14-6-1)21-27-26(23-15-7-2-8-16-23,24-17-9-3-10-18-24)25-19-11-4-12-20-25/h1-21H. The van der Waals surface area contributed by atoms with Gasteiger partial charge in [0.25, 0.3) is 0 Å². The van der Waals surface area contributed by atoms with E-state index in [2.05, 4.69) is 84.9 Å². The van der Waals surface area contributed by atoms with E-state index in [0.717, 1.165) is 22.3 Å². The summed E-state index contributed by atoms with van der Waals surface area (Å²) in [4.78, 5) is 5.21. The van der Waals surface area contributed by atoms with Gasteiger partial charge in [-0.05, 0) is 22.3 Å². The van der Waals surface area contributed by atoms with E-state index in [-0.39, 0.29) is 0 Å². The quantitative estimate of drug-likeness (QED) is 0.306. The van der Waals surface area contributed by atoms with Crippen LogP contribution >= 0.6 is 0 Å². The highest BCUT2D eigenvalue weighted by atomic mass is 14.9. The number of benzene rings is 4. The summed E-state index contributed by atoms with van der Waals surface area (Å²) in [5, 5.41) is 0. The molecule has 0 atom stereocenters. The lowest BCUT2D eigenvalue weighted by Gasteiger charge is -2.32. The maximum absolute atomic E-state index is 5.21. The Morgan fingerprint density at radius 1 is 0.444 bits per heavy atom. The highest BCUT2D eigenvalue weighted by molar-refractivity contribution is 5.80. The number of rotatable bonds is 5. The Balaban J connectivity index is 1.99. The zero-order chi connectivity index (χ0) is 18.4. The van der Waals surface area contributed by atoms with Gasteiger partial charge in [0.05, 0.1) is 0 Å². The molecule has 0 aliphatic carbocycles. The predicted molar refractivity (Wildman–Crippen MR) is 113 cm³/mol. The molecule has 0 N–H and O–H groups in total. The molecule has 0 spiro atoms. The van der Waals surface area contributed by atoms with Gasteiger partial charge in [0.15, 0.2) is 0 Å². The van der Waals surface area contributed by atoms with Crippen molar-refractivity contribution in [3.05, 3.63) is 144 Å². The number of hydrogen-bond acceptors (Lipinski definition) is 1. The highest BCUT2D eigenvalue weighted by Gasteiger charge is 2.35. The SMILES string of the molecule is C(=NC(c1ccccc1)(c1ccccc1)c1ccccc1)c1ccccc1. The van der Waals surface area contributed by atoms with Crippen LogP contribution in [0.5, 0.6) is 0 Å². The Morgan fingerprint density at radius 2 is 0.778 bits per heavy atom. The van der Waals surface area contributed by atoms with Gasteiger partial charge < -0.3 is 0 Å². The largest absolute Gasteiger partial charge is 0.271 e. The van der Waals surface area contributed by atoms with Crippen molar-refractivity contribution >= 4 is 6.21 Å². The van der Waals surface area contributed by atoms with E-state index in [4.69, 9.17) is 4.99 Å². The summed E-state index contributed by atoms with van der Waals surface area (Å²) in [6.45, 7) is 0. The van der Waals surface area contributed by atoms with Crippen molar-refractivity contribution < 1.29 is 0 Å². The van der Waals surface area contributed by atoms with Crippen LogP contribution in [0.3, 0.4) is 0 Å². The molecule has 4 aromatic carbocycles. The van der Waals surface area contributed by atoms with Crippen molar-refractivity contribution in [2.75, 3.05) is 0 Å². The first-order valence-electron chi connectivity index (χ1n) is 9.16. The topological polar surface area (TPSA) is 12.4 Å². The first-order chi connectivity index (χ1) is 13.4. The molecule has 0 aliphatic heterocycles. The van der Waals surface area contributed by atoms with Crippen LogP contribution in [0.15, 0.2) is 126 Å². The molecular weight excluding hydrogens is 326 g/mol. The summed E-state index contributed by atoms with van der Waals surface area (Å²) in [6, 6.07) is 41.8. The molecule has 0 bridgehead atoms. The number of nitrogens with zero attached hydrogens (tertiary/aromatic N) is 1. The Kier molecular flexibility index (Phi) is 4.93. The van der Waals surface area contributed by atoms with Crippen molar-refractivity contribution in [2.45, 2.75) is 5.54 Å². The minimum absolute atomic E-state index is 0.598. The Bertz CT molecular complexity index is 894. The van der Waals surface area contributed by atoms with Gasteiger partial charge in [0.2, 0.25) is 0 Å². The van der Waals surface area contributed by atoms with Gasteiger partial charge >= 0.3 is 0 Å². The Morgan fingerprint density at radius 3 is 1.15 bits per heavy atom. The third-order valence-corrected chi connectivity index (χ3v) is 4.78. The smallest absolute Gasteiger partial charge is 0.136 e. The van der Waals surface area contributed by atoms with Gasteiger partial charge in [-0.3, -0.25) is 4.99 Å². The Labute approximate surface area is 160 Å². The van der Waals surface area contributed by atoms with Gasteiger partial charge in [-0.1, -0.05) is 121 Å². The first-order valence-corrected chi connectivity index (χ1v) is 9.16. The fraction of sp³-hybridized carbons (Fsp3) is 0.0385. The lowest BCUT2D eigenvalue weighted by atomic mass is 9.77. The van der Waals surface area contributed by atoms with Gasteiger partial charge in [-0.15, -0.1) is 0 Å². The molecule has 4 rings (SSSR count). The monoisotopic (exact) mass is 347 g/mol. The van der Waals surface area contributed by atoms with Crippen molar-refractivity contribution in [3.8, 4) is 0 Å². The Hall–Kier alpha value is -3.45. The first kappa shape index (κ1) is 17.0. The average Bonchev–Trinajstić information content (AvgIpc) is 2.77. The molecular formula is C26H21N. The third kappa shape index (κ3) is 3.45. The minimum Gasteiger partial charge on any atom is -0.271 e. The maximum Gasteiger partial charge on any atom is 0.136 e. The van der Waals surface area contributed by atoms with E-state index in [1.165, 1.54) is 0 Å². The van der Waals surface area contributed by atoms with E-state index >= 15 is 0 Å². The van der Waals surface area contributed by atoms with E-state index in [9.17, 15) is 0 Å². The second-order valence-electron chi connectivity index (χ2n) is 6.48. The fourth-order valence-electron chi connectivity index (χ4n) is 3.47. The molecule has 0 saturated heterocycles. The van der Waals surface area contributed by atoms with Gasteiger partial charge in [0.1, 0.15) is 5.54 Å². The van der Waals surface area contributed by atoms with Crippen LogP contribution in [0.2, 0.25) is 0 Å². The molecule has 1 nitrogen and oxygen atoms in total. The molecule has 0 aromatic heterocycles. The molecule has 0 fully saturated rings. The number of aliphatic imine (C=N–C) groups is 1. The van der Waals surface area contributed by atoms with E-state index in [0.29, 0.717) is 0 Å². The minimum atomic E-state index is -0.598. The molecule has 0 aliphatic rings. The maximum atomic E-state index is 5.21. The molecule has 130 valence electrons. The molecule has 27 heavy (non-hydrogen) atoms. The van der Waals surface area contributed by atoms with Crippen molar-refractivity contribution in [1.82, 2.24) is 0 Å². The summed E-state index contributed by atoms with van der Waals surface area (Å²) in [6.07, 6.45) is 1.98. The average molecular weight is 347 g/mol. The van der Waals surface area contributed by atoms with Crippen LogP contribution in [-0.4, -0.2) is 6.21 Å². The van der Waals surface area contributed by atoms with Crippen LogP contribution in [0.25, 0.3) is 0 Å². The van der Waals surface area contributed by atoms with Crippen LogP contribution < -0.4 is 0 Å². The van der Waals surface area contributed by atoms with Crippen molar-refractivity contribution in [2.24, 2.45) is 4.99 Å². The summed E-state index contributed by atoms with van der Waals surface area (Å²) >= 11 is 0. The van der Waals surface area contributed by atoms with Gasteiger partial charge in [-0.2, -0.15) is 0 Å². The number of hydrogen-bond donors (Lipinski definition) is 0. The third-order valence-electron chi connectivity index (χ3n) is 4.78. The molecule has 0 amide bonds. The van der Waals surface area contributed by atoms with E-state index in [1.54, 1.807) is 0 Å². The van der Waals surface area contributed by atoms with Crippen LogP contribution in [-0.2, 0) is 5.54 Å². The molecule has 0 heterocycles. The molecule has 4 aromatic rings. The zero-order valence-corrected chi connectivity index (χ0v) is 15.1.